The summed E-state index contributed by atoms with van der Waals surface area (Å²) < 4.78 is 32.8. The number of anilines is 1. The van der Waals surface area contributed by atoms with Gasteiger partial charge in [0.15, 0.2) is 0 Å². The van der Waals surface area contributed by atoms with E-state index in [-0.39, 0.29) is 21.9 Å². The average molecular weight is 303 g/mol. The normalized spacial score (nSPS) is 11.3. The van der Waals surface area contributed by atoms with Crippen molar-refractivity contribution in [3.05, 3.63) is 29.7 Å². The van der Waals surface area contributed by atoms with Gasteiger partial charge in [-0.1, -0.05) is 11.6 Å². The molecule has 2 rings (SSSR count). The Morgan fingerprint density at radius 2 is 2.16 bits per heavy atom. The predicted octanol–water partition coefficient (Wildman–Crippen LogP) is 1.28. The number of hydrogen-bond donors (Lipinski definition) is 1. The van der Waals surface area contributed by atoms with Crippen LogP contribution in [0.5, 0.6) is 5.88 Å². The molecule has 1 N–H and O–H groups in total. The molecule has 0 bridgehead atoms. The van der Waals surface area contributed by atoms with Gasteiger partial charge in [-0.3, -0.25) is 0 Å². The average Bonchev–Trinajstić information content (AvgIpc) is 2.75. The van der Waals surface area contributed by atoms with E-state index in [1.165, 1.54) is 25.4 Å². The molecule has 0 unspecified atom stereocenters. The van der Waals surface area contributed by atoms with Crippen molar-refractivity contribution in [1.29, 1.82) is 0 Å². The third-order valence-corrected chi connectivity index (χ3v) is 3.73. The summed E-state index contributed by atoms with van der Waals surface area (Å²) in [6.07, 6.45) is 3.08. The van der Waals surface area contributed by atoms with Crippen molar-refractivity contribution >= 4 is 27.6 Å². The molecule has 19 heavy (non-hydrogen) atoms. The minimum absolute atomic E-state index is 0.0811. The van der Waals surface area contributed by atoms with Gasteiger partial charge in [0.25, 0.3) is 10.0 Å². The van der Waals surface area contributed by atoms with Crippen LogP contribution in [0, 0.1) is 0 Å². The van der Waals surface area contributed by atoms with Crippen molar-refractivity contribution < 1.29 is 13.2 Å². The first-order chi connectivity index (χ1) is 8.90. The van der Waals surface area contributed by atoms with E-state index in [4.69, 9.17) is 16.3 Å². The Morgan fingerprint density at radius 3 is 2.74 bits per heavy atom. The number of ether oxygens (including phenoxy) is 1. The summed E-state index contributed by atoms with van der Waals surface area (Å²) in [5.74, 6) is 0.0268. The highest BCUT2D eigenvalue weighted by Crippen LogP contribution is 2.18. The molecule has 0 amide bonds. The second kappa shape index (κ2) is 5.06. The summed E-state index contributed by atoms with van der Waals surface area (Å²) in [5, 5.41) is 0.0811. The number of halogens is 1. The molecule has 0 aromatic carbocycles. The Balaban J connectivity index is 2.32. The zero-order chi connectivity index (χ0) is 14.0. The topological polar surface area (TPSA) is 86.1 Å². The molecule has 0 atom stereocenters. The fourth-order valence-corrected chi connectivity index (χ4v) is 2.53. The lowest BCUT2D eigenvalue weighted by atomic mass is 10.6. The van der Waals surface area contributed by atoms with Crippen LogP contribution in [0.25, 0.3) is 0 Å². The molecule has 0 spiro atoms. The van der Waals surface area contributed by atoms with Crippen LogP contribution in [0.3, 0.4) is 0 Å². The number of hydrogen-bond acceptors (Lipinski definition) is 5. The third-order valence-electron chi connectivity index (χ3n) is 2.22. The van der Waals surface area contributed by atoms with Gasteiger partial charge in [-0.15, -0.1) is 0 Å². The van der Waals surface area contributed by atoms with Gasteiger partial charge >= 0.3 is 0 Å². The summed E-state index contributed by atoms with van der Waals surface area (Å²) in [7, 11) is -0.627. The van der Waals surface area contributed by atoms with Crippen LogP contribution in [-0.2, 0) is 17.1 Å². The number of rotatable bonds is 4. The van der Waals surface area contributed by atoms with E-state index < -0.39 is 10.0 Å². The molecule has 0 aliphatic carbocycles. The molecular formula is C10H11ClN4O3S. The SMILES string of the molecule is COc1cc(Cl)nc(NS(=O)(=O)c2ccn(C)c2)n1. The zero-order valence-electron chi connectivity index (χ0n) is 10.2. The lowest BCUT2D eigenvalue weighted by Gasteiger charge is -2.06. The van der Waals surface area contributed by atoms with Crippen LogP contribution >= 0.6 is 11.6 Å². The highest BCUT2D eigenvalue weighted by Gasteiger charge is 2.17. The third kappa shape index (κ3) is 3.15. The number of methoxy groups -OCH3 is 1. The van der Waals surface area contributed by atoms with Crippen molar-refractivity contribution in [2.24, 2.45) is 7.05 Å². The molecule has 0 aliphatic rings. The lowest BCUT2D eigenvalue weighted by molar-refractivity contribution is 0.397. The molecule has 102 valence electrons. The van der Waals surface area contributed by atoms with Crippen molar-refractivity contribution in [3.8, 4) is 5.88 Å². The van der Waals surface area contributed by atoms with Gasteiger partial charge in [-0.25, -0.2) is 18.1 Å². The van der Waals surface area contributed by atoms with Gasteiger partial charge < -0.3 is 9.30 Å². The van der Waals surface area contributed by atoms with Crippen LogP contribution in [0.15, 0.2) is 29.4 Å². The quantitative estimate of drug-likeness (QED) is 0.860. The standard InChI is InChI=1S/C10H11ClN4O3S/c1-15-4-3-7(6-15)19(16,17)14-10-12-8(11)5-9(13-10)18-2/h3-6H,1-2H3,(H,12,13,14). The Bertz CT molecular complexity index is 699. The summed E-state index contributed by atoms with van der Waals surface area (Å²) in [6.45, 7) is 0. The fraction of sp³-hybridized carbons (Fsp3) is 0.200. The Morgan fingerprint density at radius 1 is 1.42 bits per heavy atom. The Labute approximate surface area is 115 Å². The van der Waals surface area contributed by atoms with Crippen molar-refractivity contribution in [2.75, 3.05) is 11.8 Å². The summed E-state index contributed by atoms with van der Waals surface area (Å²) in [5.41, 5.74) is 0. The van der Waals surface area contributed by atoms with Crippen molar-refractivity contribution in [2.45, 2.75) is 4.90 Å². The molecule has 7 nitrogen and oxygen atoms in total. The maximum absolute atomic E-state index is 12.0. The Kier molecular flexibility index (Phi) is 3.63. The van der Waals surface area contributed by atoms with Gasteiger partial charge in [0, 0.05) is 25.5 Å². The molecular weight excluding hydrogens is 292 g/mol. The summed E-state index contributed by atoms with van der Waals surface area (Å²) in [4.78, 5) is 7.74. The molecule has 0 aliphatic heterocycles. The molecule has 2 heterocycles. The highest BCUT2D eigenvalue weighted by molar-refractivity contribution is 7.92. The first kappa shape index (κ1) is 13.6. The van der Waals surface area contributed by atoms with E-state index in [1.807, 2.05) is 0 Å². The van der Waals surface area contributed by atoms with Gasteiger partial charge in [0.1, 0.15) is 10.0 Å². The largest absolute Gasteiger partial charge is 0.481 e. The second-order valence-electron chi connectivity index (χ2n) is 3.67. The monoisotopic (exact) mass is 302 g/mol. The minimum atomic E-state index is -3.74. The number of aromatic nitrogens is 3. The maximum atomic E-state index is 12.0. The molecule has 9 heteroatoms. The minimum Gasteiger partial charge on any atom is -0.481 e. The molecule has 2 aromatic rings. The van der Waals surface area contributed by atoms with Gasteiger partial charge in [0.05, 0.1) is 7.11 Å². The number of sulfonamides is 1. The number of nitrogens with one attached hydrogen (secondary N) is 1. The smallest absolute Gasteiger partial charge is 0.265 e. The van der Waals surface area contributed by atoms with E-state index in [0.717, 1.165) is 0 Å². The first-order valence-corrected chi connectivity index (χ1v) is 7.00. The first-order valence-electron chi connectivity index (χ1n) is 5.14. The van der Waals surface area contributed by atoms with E-state index in [1.54, 1.807) is 17.8 Å². The zero-order valence-corrected chi connectivity index (χ0v) is 11.7. The molecule has 0 saturated heterocycles. The van der Waals surface area contributed by atoms with E-state index >= 15 is 0 Å². The Hall–Kier alpha value is -1.80. The predicted molar refractivity (Wildman–Crippen MR) is 69.8 cm³/mol. The maximum Gasteiger partial charge on any atom is 0.265 e. The molecule has 0 saturated carbocycles. The second-order valence-corrected chi connectivity index (χ2v) is 5.74. The number of nitrogens with zero attached hydrogens (tertiary/aromatic N) is 3. The molecule has 0 fully saturated rings. The van der Waals surface area contributed by atoms with E-state index in [2.05, 4.69) is 14.7 Å². The van der Waals surface area contributed by atoms with Crippen molar-refractivity contribution in [3.63, 3.8) is 0 Å². The molecule has 0 radical (unpaired) electrons. The number of aryl methyl sites for hydroxylation is 1. The fourth-order valence-electron chi connectivity index (χ4n) is 1.36. The van der Waals surface area contributed by atoms with Crippen LogP contribution in [0.2, 0.25) is 5.15 Å². The van der Waals surface area contributed by atoms with E-state index in [0.29, 0.717) is 0 Å². The summed E-state index contributed by atoms with van der Waals surface area (Å²) in [6, 6.07) is 2.84. The van der Waals surface area contributed by atoms with Gasteiger partial charge in [-0.05, 0) is 6.07 Å². The lowest BCUT2D eigenvalue weighted by Crippen LogP contribution is -2.14. The van der Waals surface area contributed by atoms with Crippen molar-refractivity contribution in [1.82, 2.24) is 14.5 Å². The van der Waals surface area contributed by atoms with Crippen LogP contribution in [0.1, 0.15) is 0 Å². The van der Waals surface area contributed by atoms with Gasteiger partial charge in [-0.2, -0.15) is 4.98 Å². The van der Waals surface area contributed by atoms with Crippen LogP contribution in [-0.4, -0.2) is 30.1 Å². The highest BCUT2D eigenvalue weighted by atomic mass is 35.5. The summed E-state index contributed by atoms with van der Waals surface area (Å²) >= 11 is 5.74. The van der Waals surface area contributed by atoms with Gasteiger partial charge in [0.2, 0.25) is 11.8 Å². The van der Waals surface area contributed by atoms with E-state index in [9.17, 15) is 8.42 Å². The molecule has 2 aromatic heterocycles. The van der Waals surface area contributed by atoms with Crippen LogP contribution in [0.4, 0.5) is 5.95 Å². The van der Waals surface area contributed by atoms with Crippen LogP contribution < -0.4 is 9.46 Å².